The van der Waals surface area contributed by atoms with Crippen LogP contribution in [0.25, 0.3) is 0 Å². The van der Waals surface area contributed by atoms with Crippen LogP contribution in [0, 0.1) is 17.8 Å². The number of hydrogen-bond acceptors (Lipinski definition) is 2. The molecule has 4 unspecified atom stereocenters. The molecule has 0 aliphatic heterocycles. The van der Waals surface area contributed by atoms with E-state index in [1.807, 2.05) is 0 Å². The second-order valence-electron chi connectivity index (χ2n) is 6.41. The lowest BCUT2D eigenvalue weighted by Crippen LogP contribution is -2.51. The van der Waals surface area contributed by atoms with Gasteiger partial charge in [-0.15, -0.1) is 0 Å². The maximum Gasteiger partial charge on any atom is 0.0474 e. The highest BCUT2D eigenvalue weighted by Crippen LogP contribution is 2.32. The fraction of sp³-hybridized carbons (Fsp3) is 1.00. The molecule has 2 heteroatoms. The minimum atomic E-state index is 0.368. The monoisotopic (exact) mass is 239 g/mol. The van der Waals surface area contributed by atoms with E-state index in [9.17, 15) is 5.11 Å². The first-order chi connectivity index (χ1) is 8.22. The van der Waals surface area contributed by atoms with Crippen molar-refractivity contribution in [2.24, 2.45) is 17.8 Å². The first kappa shape index (κ1) is 13.4. The van der Waals surface area contributed by atoms with Crippen molar-refractivity contribution in [2.75, 3.05) is 6.61 Å². The molecule has 4 atom stereocenters. The smallest absolute Gasteiger partial charge is 0.0474 e. The van der Waals surface area contributed by atoms with E-state index < -0.39 is 0 Å². The maximum atomic E-state index is 9.48. The van der Waals surface area contributed by atoms with Crippen LogP contribution in [0.5, 0.6) is 0 Å². The Morgan fingerprint density at radius 2 is 1.59 bits per heavy atom. The Labute approximate surface area is 106 Å². The van der Waals surface area contributed by atoms with Gasteiger partial charge in [0.15, 0.2) is 0 Å². The molecule has 2 saturated carbocycles. The average Bonchev–Trinajstić information content (AvgIpc) is 2.34. The molecule has 0 saturated heterocycles. The summed E-state index contributed by atoms with van der Waals surface area (Å²) in [7, 11) is 0. The van der Waals surface area contributed by atoms with Crippen LogP contribution in [-0.4, -0.2) is 23.8 Å². The summed E-state index contributed by atoms with van der Waals surface area (Å²) in [5, 5.41) is 13.4. The molecule has 2 aliphatic carbocycles. The van der Waals surface area contributed by atoms with Gasteiger partial charge in [-0.25, -0.2) is 0 Å². The Hall–Kier alpha value is -0.0800. The van der Waals surface area contributed by atoms with Crippen LogP contribution in [0.1, 0.15) is 58.8 Å². The molecule has 17 heavy (non-hydrogen) atoms. The molecule has 2 fully saturated rings. The van der Waals surface area contributed by atoms with Crippen LogP contribution in [0.15, 0.2) is 0 Å². The maximum absolute atomic E-state index is 9.48. The highest BCUT2D eigenvalue weighted by atomic mass is 16.3. The zero-order chi connectivity index (χ0) is 12.3. The van der Waals surface area contributed by atoms with Crippen LogP contribution in [0.2, 0.25) is 0 Å². The molecule has 0 heterocycles. The zero-order valence-corrected chi connectivity index (χ0v) is 11.5. The third-order valence-electron chi connectivity index (χ3n) is 5.10. The summed E-state index contributed by atoms with van der Waals surface area (Å²) < 4.78 is 0. The second-order valence-corrected chi connectivity index (χ2v) is 6.41. The van der Waals surface area contributed by atoms with E-state index in [4.69, 9.17) is 0 Å². The van der Waals surface area contributed by atoms with Gasteiger partial charge in [-0.3, -0.25) is 0 Å². The quantitative estimate of drug-likeness (QED) is 0.793. The fourth-order valence-electron chi connectivity index (χ4n) is 3.90. The highest BCUT2D eigenvalue weighted by molar-refractivity contribution is 4.89. The Bertz CT molecular complexity index is 221. The van der Waals surface area contributed by atoms with Gasteiger partial charge in [0.25, 0.3) is 0 Å². The van der Waals surface area contributed by atoms with Gasteiger partial charge in [0.1, 0.15) is 0 Å². The van der Waals surface area contributed by atoms with Crippen LogP contribution in [-0.2, 0) is 0 Å². The number of hydrogen-bond donors (Lipinski definition) is 2. The molecule has 0 radical (unpaired) electrons. The average molecular weight is 239 g/mol. The third-order valence-corrected chi connectivity index (χ3v) is 5.10. The lowest BCUT2D eigenvalue weighted by Gasteiger charge is -2.41. The summed E-state index contributed by atoms with van der Waals surface area (Å²) in [4.78, 5) is 0. The van der Waals surface area contributed by atoms with Crippen molar-refractivity contribution in [3.63, 3.8) is 0 Å². The number of nitrogens with one attached hydrogen (secondary N) is 1. The van der Waals surface area contributed by atoms with E-state index in [1.54, 1.807) is 0 Å². The molecule has 100 valence electrons. The van der Waals surface area contributed by atoms with Crippen LogP contribution in [0.3, 0.4) is 0 Å². The molecule has 2 N–H and O–H groups in total. The van der Waals surface area contributed by atoms with Gasteiger partial charge in [-0.05, 0) is 43.4 Å². The minimum Gasteiger partial charge on any atom is -0.396 e. The summed E-state index contributed by atoms with van der Waals surface area (Å²) in [6.45, 7) is 5.15. The van der Waals surface area contributed by atoms with E-state index in [-0.39, 0.29) is 0 Å². The molecule has 2 rings (SSSR count). The van der Waals surface area contributed by atoms with Crippen molar-refractivity contribution in [2.45, 2.75) is 70.9 Å². The standard InChI is InChI=1S/C15H29NO/c1-11-6-5-7-12(2)15(11)16-14-9-4-3-8-13(14)10-17/h11-17H,3-10H2,1-2H3. The van der Waals surface area contributed by atoms with E-state index in [0.717, 1.165) is 11.8 Å². The molecule has 2 nitrogen and oxygen atoms in total. The minimum absolute atomic E-state index is 0.368. The Balaban J connectivity index is 1.93. The largest absolute Gasteiger partial charge is 0.396 e. The van der Waals surface area contributed by atoms with E-state index >= 15 is 0 Å². The van der Waals surface area contributed by atoms with Crippen molar-refractivity contribution in [1.29, 1.82) is 0 Å². The molecular formula is C15H29NO. The lowest BCUT2D eigenvalue weighted by molar-refractivity contribution is 0.114. The van der Waals surface area contributed by atoms with Crippen LogP contribution in [0.4, 0.5) is 0 Å². The van der Waals surface area contributed by atoms with E-state index in [1.165, 1.54) is 44.9 Å². The summed E-state index contributed by atoms with van der Waals surface area (Å²) in [5.41, 5.74) is 0. The van der Waals surface area contributed by atoms with Gasteiger partial charge < -0.3 is 10.4 Å². The summed E-state index contributed by atoms with van der Waals surface area (Å²) in [6.07, 6.45) is 9.26. The van der Waals surface area contributed by atoms with Crippen molar-refractivity contribution >= 4 is 0 Å². The Kier molecular flexibility index (Phi) is 4.87. The molecule has 0 aromatic heterocycles. The van der Waals surface area contributed by atoms with Crippen molar-refractivity contribution in [1.82, 2.24) is 5.32 Å². The number of aliphatic hydroxyl groups excluding tert-OH is 1. The van der Waals surface area contributed by atoms with Crippen LogP contribution >= 0.6 is 0 Å². The van der Waals surface area contributed by atoms with Gasteiger partial charge in [-0.2, -0.15) is 0 Å². The third kappa shape index (κ3) is 3.23. The van der Waals surface area contributed by atoms with Gasteiger partial charge in [-0.1, -0.05) is 33.1 Å². The van der Waals surface area contributed by atoms with Crippen molar-refractivity contribution in [3.05, 3.63) is 0 Å². The number of aliphatic hydroxyl groups is 1. The second kappa shape index (κ2) is 6.19. The fourth-order valence-corrected chi connectivity index (χ4v) is 3.90. The molecule has 0 bridgehead atoms. The zero-order valence-electron chi connectivity index (χ0n) is 11.5. The first-order valence-corrected chi connectivity index (χ1v) is 7.59. The van der Waals surface area contributed by atoms with Crippen molar-refractivity contribution < 1.29 is 5.11 Å². The van der Waals surface area contributed by atoms with E-state index in [2.05, 4.69) is 19.2 Å². The molecule has 0 aromatic rings. The van der Waals surface area contributed by atoms with Gasteiger partial charge in [0.05, 0.1) is 0 Å². The van der Waals surface area contributed by atoms with Crippen molar-refractivity contribution in [3.8, 4) is 0 Å². The normalized spacial score (nSPS) is 43.6. The molecule has 0 amide bonds. The first-order valence-electron chi connectivity index (χ1n) is 7.59. The van der Waals surface area contributed by atoms with Gasteiger partial charge in [0.2, 0.25) is 0 Å². The molecule has 2 aliphatic rings. The predicted octanol–water partition coefficient (Wildman–Crippen LogP) is 2.95. The molecule has 0 spiro atoms. The predicted molar refractivity (Wildman–Crippen MR) is 71.9 cm³/mol. The van der Waals surface area contributed by atoms with Gasteiger partial charge >= 0.3 is 0 Å². The summed E-state index contributed by atoms with van der Waals surface area (Å²) in [5.74, 6) is 2.12. The summed E-state index contributed by atoms with van der Waals surface area (Å²) >= 11 is 0. The van der Waals surface area contributed by atoms with Crippen LogP contribution < -0.4 is 5.32 Å². The number of rotatable bonds is 3. The van der Waals surface area contributed by atoms with E-state index in [0.29, 0.717) is 24.6 Å². The van der Waals surface area contributed by atoms with Gasteiger partial charge in [0, 0.05) is 18.7 Å². The molecule has 0 aromatic carbocycles. The SMILES string of the molecule is CC1CCCC(C)C1NC1CCCCC1CO. The summed E-state index contributed by atoms with van der Waals surface area (Å²) in [6, 6.07) is 1.25. The lowest BCUT2D eigenvalue weighted by atomic mass is 9.76. The topological polar surface area (TPSA) is 32.3 Å². The Morgan fingerprint density at radius 3 is 2.24 bits per heavy atom. The molecular weight excluding hydrogens is 210 g/mol. The highest BCUT2D eigenvalue weighted by Gasteiger charge is 2.32. The Morgan fingerprint density at radius 1 is 0.941 bits per heavy atom.